The molecular formula is C14H19ClFNO3S. The third-order valence-corrected chi connectivity index (χ3v) is 5.75. The van der Waals surface area contributed by atoms with E-state index in [1.165, 1.54) is 10.4 Å². The first-order chi connectivity index (χ1) is 9.75. The summed E-state index contributed by atoms with van der Waals surface area (Å²) >= 11 is 5.84. The summed E-state index contributed by atoms with van der Waals surface area (Å²) in [5.41, 5.74) is -0.112. The van der Waals surface area contributed by atoms with Crippen molar-refractivity contribution < 1.29 is 17.9 Å². The van der Waals surface area contributed by atoms with Gasteiger partial charge in [0.15, 0.2) is 0 Å². The molecule has 21 heavy (non-hydrogen) atoms. The lowest BCUT2D eigenvalue weighted by atomic mass is 9.94. The van der Waals surface area contributed by atoms with E-state index in [-0.39, 0.29) is 22.4 Å². The van der Waals surface area contributed by atoms with E-state index in [1.807, 2.05) is 13.8 Å². The van der Waals surface area contributed by atoms with Crippen LogP contribution in [0, 0.1) is 17.7 Å². The molecule has 2 atom stereocenters. The highest BCUT2D eigenvalue weighted by Gasteiger charge is 2.34. The zero-order valence-corrected chi connectivity index (χ0v) is 13.6. The molecule has 1 heterocycles. The topological polar surface area (TPSA) is 57.6 Å². The van der Waals surface area contributed by atoms with Crippen molar-refractivity contribution in [3.63, 3.8) is 0 Å². The van der Waals surface area contributed by atoms with E-state index < -0.39 is 27.3 Å². The molecule has 0 saturated carbocycles. The van der Waals surface area contributed by atoms with Crippen molar-refractivity contribution >= 4 is 21.6 Å². The lowest BCUT2D eigenvalue weighted by Crippen LogP contribution is -2.42. The number of piperidine rings is 1. The predicted molar refractivity (Wildman–Crippen MR) is 79.0 cm³/mol. The van der Waals surface area contributed by atoms with Gasteiger partial charge in [0.05, 0.1) is 6.61 Å². The molecule has 1 fully saturated rings. The zero-order valence-electron chi connectivity index (χ0n) is 12.0. The monoisotopic (exact) mass is 335 g/mol. The quantitative estimate of drug-likeness (QED) is 0.923. The van der Waals surface area contributed by atoms with Crippen LogP contribution in [-0.2, 0) is 16.6 Å². The average Bonchev–Trinajstić information content (AvgIpc) is 2.39. The molecule has 1 aliphatic rings. The molecule has 2 unspecified atom stereocenters. The van der Waals surface area contributed by atoms with Crippen LogP contribution in [0.15, 0.2) is 17.0 Å². The van der Waals surface area contributed by atoms with Crippen molar-refractivity contribution in [1.29, 1.82) is 0 Å². The van der Waals surface area contributed by atoms with Gasteiger partial charge in [0.1, 0.15) is 10.7 Å². The largest absolute Gasteiger partial charge is 0.392 e. The number of aliphatic hydroxyl groups is 1. The Balaban J connectivity index is 2.47. The molecular weight excluding hydrogens is 317 g/mol. The number of sulfonamides is 1. The van der Waals surface area contributed by atoms with Crippen LogP contribution in [-0.4, -0.2) is 30.9 Å². The zero-order chi connectivity index (χ0) is 15.8. The minimum atomic E-state index is -3.95. The lowest BCUT2D eigenvalue weighted by molar-refractivity contribution is 0.222. The molecule has 1 saturated heterocycles. The van der Waals surface area contributed by atoms with Crippen molar-refractivity contribution in [3.05, 3.63) is 28.5 Å². The van der Waals surface area contributed by atoms with Crippen molar-refractivity contribution in [3.8, 4) is 0 Å². The summed E-state index contributed by atoms with van der Waals surface area (Å²) < 4.78 is 40.9. The highest BCUT2D eigenvalue weighted by molar-refractivity contribution is 7.89. The number of benzene rings is 1. The van der Waals surface area contributed by atoms with Crippen molar-refractivity contribution in [2.45, 2.75) is 31.8 Å². The minimum absolute atomic E-state index is 0.0946. The third-order valence-electron chi connectivity index (χ3n) is 3.70. The van der Waals surface area contributed by atoms with Gasteiger partial charge in [0, 0.05) is 23.7 Å². The molecule has 1 aromatic carbocycles. The van der Waals surface area contributed by atoms with Crippen LogP contribution in [0.5, 0.6) is 0 Å². The number of rotatable bonds is 3. The fourth-order valence-electron chi connectivity index (χ4n) is 2.86. The minimum Gasteiger partial charge on any atom is -0.392 e. The number of aliphatic hydroxyl groups excluding tert-OH is 1. The van der Waals surface area contributed by atoms with E-state index in [2.05, 4.69) is 0 Å². The van der Waals surface area contributed by atoms with Gasteiger partial charge in [-0.05, 0) is 30.4 Å². The molecule has 4 nitrogen and oxygen atoms in total. The fourth-order valence-corrected chi connectivity index (χ4v) is 4.98. The van der Waals surface area contributed by atoms with Gasteiger partial charge >= 0.3 is 0 Å². The second kappa shape index (κ2) is 6.20. The summed E-state index contributed by atoms with van der Waals surface area (Å²) in [5, 5.41) is 9.21. The Bertz CT molecular complexity index is 625. The molecule has 1 aliphatic heterocycles. The van der Waals surface area contributed by atoms with Gasteiger partial charge in [-0.2, -0.15) is 4.31 Å². The molecule has 2 rings (SSSR count). The molecule has 0 bridgehead atoms. The normalized spacial score (nSPS) is 24.2. The molecule has 7 heteroatoms. The summed E-state index contributed by atoms with van der Waals surface area (Å²) in [5.74, 6) is -0.473. The summed E-state index contributed by atoms with van der Waals surface area (Å²) in [6.45, 7) is 4.10. The van der Waals surface area contributed by atoms with Crippen molar-refractivity contribution in [2.24, 2.45) is 11.8 Å². The SMILES string of the molecule is CC1CC(C)CN(S(=O)(=O)c2cc(Cl)cc(CO)c2F)C1. The Hall–Kier alpha value is -0.690. The Morgan fingerprint density at radius 1 is 1.33 bits per heavy atom. The maximum absolute atomic E-state index is 14.3. The first kappa shape index (κ1) is 16.7. The van der Waals surface area contributed by atoms with E-state index in [1.54, 1.807) is 0 Å². The molecule has 0 radical (unpaired) electrons. The molecule has 1 N–H and O–H groups in total. The van der Waals surface area contributed by atoms with Crippen LogP contribution in [0.4, 0.5) is 4.39 Å². The van der Waals surface area contributed by atoms with Crippen LogP contribution in [0.3, 0.4) is 0 Å². The number of halogens is 2. The second-order valence-electron chi connectivity index (χ2n) is 5.80. The highest BCUT2D eigenvalue weighted by atomic mass is 35.5. The molecule has 1 aromatic rings. The lowest BCUT2D eigenvalue weighted by Gasteiger charge is -2.34. The van der Waals surface area contributed by atoms with Gasteiger partial charge in [-0.3, -0.25) is 0 Å². The first-order valence-electron chi connectivity index (χ1n) is 6.84. The van der Waals surface area contributed by atoms with Gasteiger partial charge in [-0.15, -0.1) is 0 Å². The molecule has 0 aliphatic carbocycles. The maximum Gasteiger partial charge on any atom is 0.246 e. The van der Waals surface area contributed by atoms with Crippen molar-refractivity contribution in [1.82, 2.24) is 4.31 Å². The number of nitrogens with zero attached hydrogens (tertiary/aromatic N) is 1. The van der Waals surface area contributed by atoms with Gasteiger partial charge in [0.2, 0.25) is 10.0 Å². The average molecular weight is 336 g/mol. The molecule has 118 valence electrons. The smallest absolute Gasteiger partial charge is 0.246 e. The van der Waals surface area contributed by atoms with Gasteiger partial charge in [-0.1, -0.05) is 25.4 Å². The van der Waals surface area contributed by atoms with Crippen LogP contribution < -0.4 is 0 Å². The van der Waals surface area contributed by atoms with Crippen LogP contribution in [0.25, 0.3) is 0 Å². The maximum atomic E-state index is 14.3. The fraction of sp³-hybridized carbons (Fsp3) is 0.571. The Morgan fingerprint density at radius 3 is 2.43 bits per heavy atom. The van der Waals surface area contributed by atoms with E-state index in [0.29, 0.717) is 13.1 Å². The number of hydrogen-bond acceptors (Lipinski definition) is 3. The Kier molecular flexibility index (Phi) is 4.92. The summed E-state index contributed by atoms with van der Waals surface area (Å²) in [7, 11) is -3.95. The van der Waals surface area contributed by atoms with Crippen LogP contribution in [0.2, 0.25) is 5.02 Å². The number of hydrogen-bond donors (Lipinski definition) is 1. The molecule has 0 spiro atoms. The predicted octanol–water partition coefficient (Wildman–Crippen LogP) is 2.64. The second-order valence-corrected chi connectivity index (χ2v) is 8.15. The standard InChI is InChI=1S/C14H19ClFNO3S/c1-9-3-10(2)7-17(6-9)21(19,20)13-5-12(15)4-11(8-18)14(13)16/h4-5,9-10,18H,3,6-8H2,1-2H3. The van der Waals surface area contributed by atoms with Gasteiger partial charge in [-0.25, -0.2) is 12.8 Å². The van der Waals surface area contributed by atoms with Crippen LogP contribution in [0.1, 0.15) is 25.8 Å². The van der Waals surface area contributed by atoms with Crippen molar-refractivity contribution in [2.75, 3.05) is 13.1 Å². The highest BCUT2D eigenvalue weighted by Crippen LogP contribution is 2.30. The first-order valence-corrected chi connectivity index (χ1v) is 8.66. The Morgan fingerprint density at radius 2 is 1.90 bits per heavy atom. The molecule has 0 amide bonds. The van der Waals surface area contributed by atoms with E-state index in [9.17, 15) is 12.8 Å². The summed E-state index contributed by atoms with van der Waals surface area (Å²) in [6.07, 6.45) is 0.950. The summed E-state index contributed by atoms with van der Waals surface area (Å²) in [4.78, 5) is -0.458. The van der Waals surface area contributed by atoms with Crippen LogP contribution >= 0.6 is 11.6 Å². The van der Waals surface area contributed by atoms with E-state index >= 15 is 0 Å². The van der Waals surface area contributed by atoms with Gasteiger partial charge in [0.25, 0.3) is 0 Å². The molecule has 0 aromatic heterocycles. The third kappa shape index (κ3) is 3.39. The Labute approximate surface area is 129 Å². The summed E-state index contributed by atoms with van der Waals surface area (Å²) in [6, 6.07) is 2.34. The van der Waals surface area contributed by atoms with E-state index in [0.717, 1.165) is 12.5 Å². The van der Waals surface area contributed by atoms with E-state index in [4.69, 9.17) is 16.7 Å². The van der Waals surface area contributed by atoms with Gasteiger partial charge < -0.3 is 5.11 Å².